The Morgan fingerprint density at radius 3 is 2.30 bits per heavy atom. The molecule has 0 amide bonds. The molecule has 0 aliphatic heterocycles. The van der Waals surface area contributed by atoms with Crippen molar-refractivity contribution in [2.45, 2.75) is 44.8 Å². The van der Waals surface area contributed by atoms with Crippen LogP contribution in [0.15, 0.2) is 0 Å². The second kappa shape index (κ2) is 2.16. The van der Waals surface area contributed by atoms with Crippen LogP contribution in [0.25, 0.3) is 0 Å². The zero-order valence-corrected chi connectivity index (χ0v) is 6.29. The molecule has 0 radical (unpaired) electrons. The lowest BCUT2D eigenvalue weighted by atomic mass is 10.4. The van der Waals surface area contributed by atoms with Gasteiger partial charge in [0.2, 0.25) is 0 Å². The summed E-state index contributed by atoms with van der Waals surface area (Å²) in [4.78, 5) is 0. The van der Waals surface area contributed by atoms with E-state index in [9.17, 15) is 8.78 Å². The molecule has 1 aliphatic rings. The number of hydrogen-bond acceptors (Lipinski definition) is 1. The number of alkyl halides is 2. The fourth-order valence-electron chi connectivity index (χ4n) is 0.711. The van der Waals surface area contributed by atoms with E-state index in [0.717, 1.165) is 12.8 Å². The van der Waals surface area contributed by atoms with Crippen molar-refractivity contribution in [3.05, 3.63) is 0 Å². The maximum absolute atomic E-state index is 12.5. The summed E-state index contributed by atoms with van der Waals surface area (Å²) in [5.41, 5.74) is -0.514. The fourth-order valence-corrected chi connectivity index (χ4v) is 0.711. The van der Waals surface area contributed by atoms with Crippen molar-refractivity contribution >= 4 is 0 Å². The third kappa shape index (κ3) is 1.90. The van der Waals surface area contributed by atoms with Gasteiger partial charge in [0.05, 0.1) is 5.60 Å². The monoisotopic (exact) mass is 150 g/mol. The van der Waals surface area contributed by atoms with E-state index in [0.29, 0.717) is 0 Å². The SMILES string of the molecule is CCC(F)(F)OC1(C)CC1. The van der Waals surface area contributed by atoms with Gasteiger partial charge in [-0.1, -0.05) is 6.92 Å². The minimum absolute atomic E-state index is 0.234. The van der Waals surface area contributed by atoms with Crippen LogP contribution in [0.2, 0.25) is 0 Å². The lowest BCUT2D eigenvalue weighted by Gasteiger charge is -2.19. The van der Waals surface area contributed by atoms with Crippen molar-refractivity contribution < 1.29 is 13.5 Å². The van der Waals surface area contributed by atoms with Gasteiger partial charge in [0.1, 0.15) is 0 Å². The Morgan fingerprint density at radius 2 is 2.00 bits per heavy atom. The summed E-state index contributed by atoms with van der Waals surface area (Å²) in [6, 6.07) is 0. The Morgan fingerprint density at radius 1 is 1.50 bits per heavy atom. The van der Waals surface area contributed by atoms with Gasteiger partial charge in [-0.15, -0.1) is 0 Å². The molecular weight excluding hydrogens is 138 g/mol. The molecule has 0 N–H and O–H groups in total. The third-order valence-electron chi connectivity index (χ3n) is 1.76. The number of ether oxygens (including phenoxy) is 1. The van der Waals surface area contributed by atoms with E-state index < -0.39 is 11.7 Å². The number of hydrogen-bond donors (Lipinski definition) is 0. The molecule has 1 saturated carbocycles. The largest absolute Gasteiger partial charge is 0.355 e. The fraction of sp³-hybridized carbons (Fsp3) is 1.00. The maximum atomic E-state index is 12.5. The van der Waals surface area contributed by atoms with Crippen LogP contribution in [-0.2, 0) is 4.74 Å². The van der Waals surface area contributed by atoms with Gasteiger partial charge in [0.25, 0.3) is 0 Å². The maximum Gasteiger partial charge on any atom is 0.355 e. The van der Waals surface area contributed by atoms with Crippen molar-refractivity contribution in [2.75, 3.05) is 0 Å². The van der Waals surface area contributed by atoms with Gasteiger partial charge in [-0.05, 0) is 19.8 Å². The predicted molar refractivity (Wildman–Crippen MR) is 34.0 cm³/mol. The molecule has 0 heterocycles. The highest BCUT2D eigenvalue weighted by atomic mass is 19.3. The van der Waals surface area contributed by atoms with Gasteiger partial charge in [-0.3, -0.25) is 0 Å². The highest BCUT2D eigenvalue weighted by molar-refractivity contribution is 4.91. The molecule has 10 heavy (non-hydrogen) atoms. The molecule has 0 unspecified atom stereocenters. The van der Waals surface area contributed by atoms with E-state index in [-0.39, 0.29) is 6.42 Å². The topological polar surface area (TPSA) is 9.23 Å². The highest BCUT2D eigenvalue weighted by Gasteiger charge is 2.46. The third-order valence-corrected chi connectivity index (χ3v) is 1.76. The van der Waals surface area contributed by atoms with Crippen LogP contribution in [0.4, 0.5) is 8.78 Å². The molecule has 0 aromatic rings. The van der Waals surface area contributed by atoms with E-state index in [1.807, 2.05) is 0 Å². The summed E-state index contributed by atoms with van der Waals surface area (Å²) in [5, 5.41) is 0. The Balaban J connectivity index is 2.36. The summed E-state index contributed by atoms with van der Waals surface area (Å²) in [7, 11) is 0. The highest BCUT2D eigenvalue weighted by Crippen LogP contribution is 2.43. The summed E-state index contributed by atoms with van der Waals surface area (Å²) in [6.45, 7) is 3.14. The minimum Gasteiger partial charge on any atom is -0.314 e. The molecule has 0 bridgehead atoms. The van der Waals surface area contributed by atoms with E-state index in [1.165, 1.54) is 6.92 Å². The van der Waals surface area contributed by atoms with Crippen molar-refractivity contribution in [3.63, 3.8) is 0 Å². The molecule has 1 fully saturated rings. The van der Waals surface area contributed by atoms with Gasteiger partial charge in [-0.25, -0.2) is 0 Å². The average Bonchev–Trinajstić information content (AvgIpc) is 2.47. The molecule has 1 aliphatic carbocycles. The van der Waals surface area contributed by atoms with Crippen LogP contribution in [-0.4, -0.2) is 11.7 Å². The van der Waals surface area contributed by atoms with Crippen molar-refractivity contribution in [2.24, 2.45) is 0 Å². The van der Waals surface area contributed by atoms with Gasteiger partial charge in [-0.2, -0.15) is 8.78 Å². The quantitative estimate of drug-likeness (QED) is 0.600. The van der Waals surface area contributed by atoms with Crippen LogP contribution in [0.1, 0.15) is 33.1 Å². The molecule has 0 aromatic heterocycles. The second-order valence-corrected chi connectivity index (χ2v) is 3.04. The van der Waals surface area contributed by atoms with Crippen molar-refractivity contribution in [3.8, 4) is 0 Å². The standard InChI is InChI=1S/C7H12F2O/c1-3-7(8,9)10-6(2)4-5-6/h3-5H2,1-2H3. The molecular formula is C7H12F2O. The van der Waals surface area contributed by atoms with Crippen LogP contribution < -0.4 is 0 Å². The van der Waals surface area contributed by atoms with E-state index in [4.69, 9.17) is 0 Å². The zero-order chi connectivity index (χ0) is 7.83. The first-order chi connectivity index (χ1) is 4.47. The van der Waals surface area contributed by atoms with Gasteiger partial charge in [0.15, 0.2) is 0 Å². The molecule has 3 heteroatoms. The normalized spacial score (nSPS) is 22.8. The summed E-state index contributed by atoms with van der Waals surface area (Å²) < 4.78 is 29.5. The summed E-state index contributed by atoms with van der Waals surface area (Å²) >= 11 is 0. The van der Waals surface area contributed by atoms with Crippen molar-refractivity contribution in [1.29, 1.82) is 0 Å². The lowest BCUT2D eigenvalue weighted by molar-refractivity contribution is -0.268. The molecule has 0 atom stereocenters. The molecule has 1 nitrogen and oxygen atoms in total. The van der Waals surface area contributed by atoms with Crippen LogP contribution in [0.5, 0.6) is 0 Å². The second-order valence-electron chi connectivity index (χ2n) is 3.04. The molecule has 60 valence electrons. The zero-order valence-electron chi connectivity index (χ0n) is 6.29. The van der Waals surface area contributed by atoms with Crippen LogP contribution >= 0.6 is 0 Å². The number of halogens is 2. The summed E-state index contributed by atoms with van der Waals surface area (Å²) in [6.07, 6.45) is -1.61. The van der Waals surface area contributed by atoms with Crippen LogP contribution in [0, 0.1) is 0 Å². The van der Waals surface area contributed by atoms with E-state index >= 15 is 0 Å². The Kier molecular flexibility index (Phi) is 1.71. The predicted octanol–water partition coefficient (Wildman–Crippen LogP) is 2.56. The first-order valence-electron chi connectivity index (χ1n) is 3.55. The molecule has 0 aromatic carbocycles. The van der Waals surface area contributed by atoms with E-state index in [2.05, 4.69) is 4.74 Å². The Labute approximate surface area is 59.4 Å². The first kappa shape index (κ1) is 7.92. The first-order valence-corrected chi connectivity index (χ1v) is 3.55. The molecule has 0 saturated heterocycles. The minimum atomic E-state index is -2.91. The van der Waals surface area contributed by atoms with Gasteiger partial charge >= 0.3 is 6.11 Å². The Bertz CT molecular complexity index is 130. The van der Waals surface area contributed by atoms with Crippen LogP contribution in [0.3, 0.4) is 0 Å². The van der Waals surface area contributed by atoms with Gasteiger partial charge < -0.3 is 4.74 Å². The smallest absolute Gasteiger partial charge is 0.314 e. The summed E-state index contributed by atoms with van der Waals surface area (Å²) in [5.74, 6) is 0. The van der Waals surface area contributed by atoms with Gasteiger partial charge in [0, 0.05) is 6.42 Å². The Hall–Kier alpha value is -0.180. The number of rotatable bonds is 3. The molecule has 0 spiro atoms. The average molecular weight is 150 g/mol. The lowest BCUT2D eigenvalue weighted by Crippen LogP contribution is -2.26. The molecule has 1 rings (SSSR count). The van der Waals surface area contributed by atoms with Crippen molar-refractivity contribution in [1.82, 2.24) is 0 Å². The van der Waals surface area contributed by atoms with E-state index in [1.54, 1.807) is 6.92 Å².